The van der Waals surface area contributed by atoms with Gasteiger partial charge in [0.15, 0.2) is 0 Å². The third-order valence-electron chi connectivity index (χ3n) is 5.78. The number of aromatic nitrogens is 1. The van der Waals surface area contributed by atoms with Gasteiger partial charge in [0.1, 0.15) is 5.82 Å². The molecule has 2 amide bonds. The lowest BCUT2D eigenvalue weighted by Gasteiger charge is -2.35. The van der Waals surface area contributed by atoms with E-state index in [-0.39, 0.29) is 17.4 Å². The SMILES string of the molecule is Cc1cc(NC(=O)NC2(CNc3c(C)cncc3C)CCCCCC2)ccc1F. The van der Waals surface area contributed by atoms with Crippen LogP contribution in [0.5, 0.6) is 0 Å². The molecule has 156 valence electrons. The molecular weight excluding hydrogens is 367 g/mol. The van der Waals surface area contributed by atoms with Crippen molar-refractivity contribution in [1.82, 2.24) is 10.3 Å². The molecule has 1 saturated carbocycles. The highest BCUT2D eigenvalue weighted by atomic mass is 19.1. The van der Waals surface area contributed by atoms with Crippen molar-refractivity contribution in [1.29, 1.82) is 0 Å². The highest BCUT2D eigenvalue weighted by Gasteiger charge is 2.33. The van der Waals surface area contributed by atoms with Crippen LogP contribution in [0.25, 0.3) is 0 Å². The molecule has 0 bridgehead atoms. The number of hydrogen-bond acceptors (Lipinski definition) is 3. The van der Waals surface area contributed by atoms with E-state index < -0.39 is 0 Å². The summed E-state index contributed by atoms with van der Waals surface area (Å²) in [5.41, 5.74) is 4.06. The molecule has 0 aliphatic heterocycles. The number of hydrogen-bond donors (Lipinski definition) is 3. The second kappa shape index (κ2) is 9.25. The van der Waals surface area contributed by atoms with Gasteiger partial charge in [0.2, 0.25) is 0 Å². The molecule has 1 aromatic carbocycles. The summed E-state index contributed by atoms with van der Waals surface area (Å²) in [7, 11) is 0. The topological polar surface area (TPSA) is 66.1 Å². The van der Waals surface area contributed by atoms with Gasteiger partial charge in [-0.25, -0.2) is 9.18 Å². The van der Waals surface area contributed by atoms with Crippen LogP contribution in [-0.2, 0) is 0 Å². The number of amides is 2. The van der Waals surface area contributed by atoms with Crippen molar-refractivity contribution in [2.24, 2.45) is 0 Å². The third kappa shape index (κ3) is 5.46. The molecule has 3 N–H and O–H groups in total. The van der Waals surface area contributed by atoms with Crippen LogP contribution in [0.2, 0.25) is 0 Å². The predicted molar refractivity (Wildman–Crippen MR) is 116 cm³/mol. The van der Waals surface area contributed by atoms with Crippen molar-refractivity contribution in [3.8, 4) is 0 Å². The lowest BCUT2D eigenvalue weighted by atomic mass is 9.89. The number of carbonyl (C=O) groups is 1. The van der Waals surface area contributed by atoms with E-state index in [1.54, 1.807) is 19.1 Å². The Balaban J connectivity index is 1.73. The molecule has 3 rings (SSSR count). The molecule has 0 saturated heterocycles. The number of urea groups is 1. The Morgan fingerprint density at radius 1 is 1.03 bits per heavy atom. The molecule has 29 heavy (non-hydrogen) atoms. The minimum Gasteiger partial charge on any atom is -0.382 e. The molecule has 0 radical (unpaired) electrons. The minimum atomic E-state index is -0.322. The second-order valence-corrected chi connectivity index (χ2v) is 8.24. The van der Waals surface area contributed by atoms with E-state index >= 15 is 0 Å². The molecule has 1 heterocycles. The van der Waals surface area contributed by atoms with Crippen molar-refractivity contribution in [3.05, 3.63) is 53.1 Å². The number of nitrogens with one attached hydrogen (secondary N) is 3. The Kier molecular flexibility index (Phi) is 6.72. The number of rotatable bonds is 5. The molecule has 1 aromatic heterocycles. The number of nitrogens with zero attached hydrogens (tertiary/aromatic N) is 1. The van der Waals surface area contributed by atoms with E-state index in [1.165, 1.54) is 18.9 Å². The zero-order valence-corrected chi connectivity index (χ0v) is 17.6. The fourth-order valence-electron chi connectivity index (χ4n) is 4.11. The Labute approximate surface area is 172 Å². The van der Waals surface area contributed by atoms with Crippen LogP contribution in [0, 0.1) is 26.6 Å². The van der Waals surface area contributed by atoms with Crippen LogP contribution in [-0.4, -0.2) is 23.1 Å². The first-order valence-corrected chi connectivity index (χ1v) is 10.4. The van der Waals surface area contributed by atoms with E-state index in [1.807, 2.05) is 26.2 Å². The maximum Gasteiger partial charge on any atom is 0.319 e. The van der Waals surface area contributed by atoms with Crippen molar-refractivity contribution < 1.29 is 9.18 Å². The Hall–Kier alpha value is -2.63. The van der Waals surface area contributed by atoms with Crippen LogP contribution < -0.4 is 16.0 Å². The average molecular weight is 399 g/mol. The van der Waals surface area contributed by atoms with Crippen molar-refractivity contribution >= 4 is 17.4 Å². The van der Waals surface area contributed by atoms with Gasteiger partial charge in [-0.05, 0) is 68.5 Å². The number of halogens is 1. The smallest absolute Gasteiger partial charge is 0.319 e. The van der Waals surface area contributed by atoms with E-state index in [0.29, 0.717) is 17.8 Å². The summed E-state index contributed by atoms with van der Waals surface area (Å²) in [6.07, 6.45) is 10.1. The summed E-state index contributed by atoms with van der Waals surface area (Å²) in [4.78, 5) is 17.0. The van der Waals surface area contributed by atoms with Gasteiger partial charge in [-0.2, -0.15) is 0 Å². The van der Waals surface area contributed by atoms with Crippen LogP contribution >= 0.6 is 0 Å². The third-order valence-corrected chi connectivity index (χ3v) is 5.78. The van der Waals surface area contributed by atoms with Crippen molar-refractivity contribution in [3.63, 3.8) is 0 Å². The molecule has 2 aromatic rings. The first-order valence-electron chi connectivity index (χ1n) is 10.4. The van der Waals surface area contributed by atoms with Crippen LogP contribution in [0.15, 0.2) is 30.6 Å². The largest absolute Gasteiger partial charge is 0.382 e. The Bertz CT molecular complexity index is 840. The summed E-state index contributed by atoms with van der Waals surface area (Å²) in [6, 6.07) is 4.37. The lowest BCUT2D eigenvalue weighted by Crippen LogP contribution is -2.54. The van der Waals surface area contributed by atoms with Gasteiger partial charge < -0.3 is 16.0 Å². The number of pyridine rings is 1. The van der Waals surface area contributed by atoms with E-state index in [2.05, 4.69) is 20.9 Å². The summed E-state index contributed by atoms with van der Waals surface area (Å²) in [5.74, 6) is -0.275. The van der Waals surface area contributed by atoms with Crippen LogP contribution in [0.3, 0.4) is 0 Å². The molecule has 1 fully saturated rings. The fraction of sp³-hybridized carbons (Fsp3) is 0.478. The number of aryl methyl sites for hydroxylation is 3. The molecule has 1 aliphatic rings. The first-order chi connectivity index (χ1) is 13.9. The maximum absolute atomic E-state index is 13.5. The summed E-state index contributed by atoms with van der Waals surface area (Å²) in [6.45, 7) is 6.43. The van der Waals surface area contributed by atoms with Gasteiger partial charge >= 0.3 is 6.03 Å². The number of anilines is 2. The van der Waals surface area contributed by atoms with Crippen LogP contribution in [0.4, 0.5) is 20.6 Å². The predicted octanol–water partition coefficient (Wildman–Crippen LogP) is 5.47. The van der Waals surface area contributed by atoms with E-state index in [9.17, 15) is 9.18 Å². The van der Waals surface area contributed by atoms with E-state index in [0.717, 1.165) is 42.5 Å². The van der Waals surface area contributed by atoms with Gasteiger partial charge in [-0.15, -0.1) is 0 Å². The normalized spacial score (nSPS) is 16.0. The zero-order valence-electron chi connectivity index (χ0n) is 17.6. The Morgan fingerprint density at radius 2 is 1.69 bits per heavy atom. The number of carbonyl (C=O) groups excluding carboxylic acids is 1. The summed E-state index contributed by atoms with van der Waals surface area (Å²) in [5, 5.41) is 9.68. The molecule has 0 spiro atoms. The molecule has 5 nitrogen and oxygen atoms in total. The molecule has 1 aliphatic carbocycles. The van der Waals surface area contributed by atoms with Gasteiger partial charge in [-0.1, -0.05) is 25.7 Å². The maximum atomic E-state index is 13.5. The van der Waals surface area contributed by atoms with Gasteiger partial charge in [0.25, 0.3) is 0 Å². The second-order valence-electron chi connectivity index (χ2n) is 8.24. The minimum absolute atomic E-state index is 0.247. The van der Waals surface area contributed by atoms with Gasteiger partial charge in [0.05, 0.1) is 5.54 Å². The van der Waals surface area contributed by atoms with Gasteiger partial charge in [-0.3, -0.25) is 4.98 Å². The molecular formula is C23H31FN4O. The number of benzene rings is 1. The first kappa shape index (κ1) is 21.1. The average Bonchev–Trinajstić information content (AvgIpc) is 2.90. The quantitative estimate of drug-likeness (QED) is 0.585. The molecule has 6 heteroatoms. The summed E-state index contributed by atoms with van der Waals surface area (Å²) < 4.78 is 13.5. The highest BCUT2D eigenvalue weighted by molar-refractivity contribution is 5.90. The van der Waals surface area contributed by atoms with Crippen molar-refractivity contribution in [2.75, 3.05) is 17.2 Å². The lowest BCUT2D eigenvalue weighted by molar-refractivity contribution is 0.232. The molecule has 0 unspecified atom stereocenters. The monoisotopic (exact) mass is 398 g/mol. The van der Waals surface area contributed by atoms with Crippen molar-refractivity contribution in [2.45, 2.75) is 64.8 Å². The standard InChI is InChI=1S/C23H31FN4O/c1-16-12-19(8-9-20(16)24)27-22(29)28-23(10-6-4-5-7-11-23)15-26-21-17(2)13-25-14-18(21)3/h8-9,12-14H,4-7,10-11,15H2,1-3H3,(H,25,26)(H2,27,28,29). The van der Waals surface area contributed by atoms with E-state index in [4.69, 9.17) is 0 Å². The van der Waals surface area contributed by atoms with Gasteiger partial charge in [0, 0.05) is 30.3 Å². The highest BCUT2D eigenvalue weighted by Crippen LogP contribution is 2.29. The molecule has 0 atom stereocenters. The summed E-state index contributed by atoms with van der Waals surface area (Å²) >= 11 is 0. The van der Waals surface area contributed by atoms with Crippen LogP contribution in [0.1, 0.15) is 55.2 Å². The fourth-order valence-corrected chi connectivity index (χ4v) is 4.11. The zero-order chi connectivity index (χ0) is 20.9. The Morgan fingerprint density at radius 3 is 2.31 bits per heavy atom.